The first-order valence-corrected chi connectivity index (χ1v) is 6.33. The van der Waals surface area contributed by atoms with Crippen LogP contribution in [0, 0.1) is 0 Å². The highest BCUT2D eigenvalue weighted by atomic mass is 32.2. The molecule has 0 atom stereocenters. The van der Waals surface area contributed by atoms with E-state index in [2.05, 4.69) is 5.32 Å². The molecule has 0 aliphatic rings. The van der Waals surface area contributed by atoms with Gasteiger partial charge in [-0.2, -0.15) is 0 Å². The Bertz CT molecular complexity index is 473. The second-order valence-corrected chi connectivity index (χ2v) is 4.77. The van der Waals surface area contributed by atoms with E-state index in [9.17, 15) is 9.59 Å². The molecule has 18 heavy (non-hydrogen) atoms. The third-order valence-electron chi connectivity index (χ3n) is 2.14. The summed E-state index contributed by atoms with van der Waals surface area (Å²) in [7, 11) is 1.39. The fourth-order valence-electron chi connectivity index (χ4n) is 1.46. The number of carbonyl (C=O) groups is 2. The van der Waals surface area contributed by atoms with E-state index in [1.54, 1.807) is 0 Å². The number of aromatic carboxylic acids is 1. The van der Waals surface area contributed by atoms with Crippen molar-refractivity contribution in [2.75, 3.05) is 18.2 Å². The van der Waals surface area contributed by atoms with Crippen molar-refractivity contribution in [3.05, 3.63) is 17.7 Å². The average molecular weight is 269 g/mol. The van der Waals surface area contributed by atoms with Crippen LogP contribution in [0.2, 0.25) is 0 Å². The molecule has 0 aliphatic carbocycles. The number of carboxylic acid groups (broad SMARTS) is 1. The normalized spacial score (nSPS) is 9.94. The number of rotatable bonds is 5. The second kappa shape index (κ2) is 6.30. The number of thioether (sulfide) groups is 1. The van der Waals surface area contributed by atoms with Crippen molar-refractivity contribution < 1.29 is 19.4 Å². The quantitative estimate of drug-likeness (QED) is 0.803. The zero-order chi connectivity index (χ0) is 13.7. The zero-order valence-electron chi connectivity index (χ0n) is 10.4. The number of anilines is 1. The Kier molecular flexibility index (Phi) is 5.03. The Morgan fingerprint density at radius 3 is 2.56 bits per heavy atom. The number of amides is 1. The van der Waals surface area contributed by atoms with Gasteiger partial charge < -0.3 is 15.2 Å². The number of hydrogen-bond donors (Lipinski definition) is 2. The summed E-state index contributed by atoms with van der Waals surface area (Å²) in [6.45, 7) is 3.35. The summed E-state index contributed by atoms with van der Waals surface area (Å²) in [6, 6.07) is 3.05. The monoisotopic (exact) mass is 269 g/mol. The first-order valence-electron chi connectivity index (χ1n) is 5.35. The molecular weight excluding hydrogens is 254 g/mol. The maximum absolute atomic E-state index is 11.1. The molecule has 1 aromatic carbocycles. The molecule has 0 saturated carbocycles. The van der Waals surface area contributed by atoms with Crippen LogP contribution in [0.4, 0.5) is 5.69 Å². The van der Waals surface area contributed by atoms with Gasteiger partial charge in [0.2, 0.25) is 5.91 Å². The van der Waals surface area contributed by atoms with Gasteiger partial charge in [-0.25, -0.2) is 4.79 Å². The molecule has 1 aromatic rings. The van der Waals surface area contributed by atoms with Crippen molar-refractivity contribution in [2.24, 2.45) is 0 Å². The van der Waals surface area contributed by atoms with Crippen LogP contribution in [0.1, 0.15) is 24.2 Å². The highest BCUT2D eigenvalue weighted by molar-refractivity contribution is 7.99. The molecule has 98 valence electrons. The van der Waals surface area contributed by atoms with E-state index in [1.807, 2.05) is 6.92 Å². The van der Waals surface area contributed by atoms with Gasteiger partial charge in [-0.1, -0.05) is 6.92 Å². The summed E-state index contributed by atoms with van der Waals surface area (Å²) in [5.74, 6) is -0.262. The van der Waals surface area contributed by atoms with Crippen LogP contribution in [-0.4, -0.2) is 29.8 Å². The van der Waals surface area contributed by atoms with Crippen molar-refractivity contribution in [1.82, 2.24) is 0 Å². The van der Waals surface area contributed by atoms with Gasteiger partial charge in [-0.05, 0) is 11.8 Å². The van der Waals surface area contributed by atoms with E-state index in [-0.39, 0.29) is 17.2 Å². The van der Waals surface area contributed by atoms with Crippen LogP contribution < -0.4 is 10.1 Å². The smallest absolute Gasteiger partial charge is 0.339 e. The van der Waals surface area contributed by atoms with Crippen molar-refractivity contribution in [1.29, 1.82) is 0 Å². The topological polar surface area (TPSA) is 75.6 Å². The Balaban J connectivity index is 3.31. The molecule has 5 nitrogen and oxygen atoms in total. The summed E-state index contributed by atoms with van der Waals surface area (Å²) in [4.78, 5) is 22.9. The largest absolute Gasteiger partial charge is 0.496 e. The molecule has 0 heterocycles. The van der Waals surface area contributed by atoms with Crippen LogP contribution in [-0.2, 0) is 4.79 Å². The van der Waals surface area contributed by atoms with E-state index in [0.717, 1.165) is 5.75 Å². The average Bonchev–Trinajstić information content (AvgIpc) is 2.30. The molecule has 0 spiro atoms. The standard InChI is InChI=1S/C12H15NO4S/c1-4-18-11-5-8(12(15)16)10(17-3)6-9(11)13-7(2)14/h5-6H,4H2,1-3H3,(H,13,14)(H,15,16). The van der Waals surface area contributed by atoms with Gasteiger partial charge in [0.15, 0.2) is 0 Å². The van der Waals surface area contributed by atoms with Crippen molar-refractivity contribution in [2.45, 2.75) is 18.7 Å². The molecule has 0 radical (unpaired) electrons. The summed E-state index contributed by atoms with van der Waals surface area (Å²) in [5.41, 5.74) is 0.652. The predicted molar refractivity (Wildman–Crippen MR) is 70.7 cm³/mol. The lowest BCUT2D eigenvalue weighted by atomic mass is 10.1. The van der Waals surface area contributed by atoms with E-state index >= 15 is 0 Å². The minimum Gasteiger partial charge on any atom is -0.496 e. The van der Waals surface area contributed by atoms with Crippen molar-refractivity contribution in [3.8, 4) is 5.75 Å². The molecule has 6 heteroatoms. The van der Waals surface area contributed by atoms with Gasteiger partial charge in [0, 0.05) is 17.9 Å². The fourth-order valence-corrected chi connectivity index (χ4v) is 2.24. The number of benzene rings is 1. The minimum absolute atomic E-state index is 0.0857. The SMILES string of the molecule is CCSc1cc(C(=O)O)c(OC)cc1NC(C)=O. The maximum atomic E-state index is 11.1. The lowest BCUT2D eigenvalue weighted by Crippen LogP contribution is -2.09. The van der Waals surface area contributed by atoms with Gasteiger partial charge in [0.05, 0.1) is 12.8 Å². The minimum atomic E-state index is -1.06. The molecule has 2 N–H and O–H groups in total. The summed E-state index contributed by atoms with van der Waals surface area (Å²) in [5, 5.41) is 11.8. The lowest BCUT2D eigenvalue weighted by Gasteiger charge is -2.13. The molecule has 1 rings (SSSR count). The molecule has 0 fully saturated rings. The van der Waals surface area contributed by atoms with Crippen LogP contribution in [0.5, 0.6) is 5.75 Å². The molecule has 0 aliphatic heterocycles. The molecule has 0 aromatic heterocycles. The number of hydrogen-bond acceptors (Lipinski definition) is 4. The summed E-state index contributed by atoms with van der Waals surface area (Å²) < 4.78 is 5.02. The Morgan fingerprint density at radius 2 is 2.11 bits per heavy atom. The number of ether oxygens (including phenoxy) is 1. The van der Waals surface area contributed by atoms with Crippen LogP contribution >= 0.6 is 11.8 Å². The highest BCUT2D eigenvalue weighted by Crippen LogP contribution is 2.34. The van der Waals surface area contributed by atoms with Crippen molar-refractivity contribution in [3.63, 3.8) is 0 Å². The third-order valence-corrected chi connectivity index (χ3v) is 3.08. The first-order chi connectivity index (χ1) is 8.49. The third kappa shape index (κ3) is 3.40. The van der Waals surface area contributed by atoms with Gasteiger partial charge >= 0.3 is 5.97 Å². The number of carbonyl (C=O) groups excluding carboxylic acids is 1. The van der Waals surface area contributed by atoms with Gasteiger partial charge in [-0.3, -0.25) is 4.79 Å². The number of nitrogens with one attached hydrogen (secondary N) is 1. The molecule has 1 amide bonds. The van der Waals surface area contributed by atoms with E-state index in [4.69, 9.17) is 9.84 Å². The van der Waals surface area contributed by atoms with Gasteiger partial charge in [0.1, 0.15) is 11.3 Å². The highest BCUT2D eigenvalue weighted by Gasteiger charge is 2.16. The molecule has 0 bridgehead atoms. The summed E-state index contributed by atoms with van der Waals surface area (Å²) in [6.07, 6.45) is 0. The number of methoxy groups -OCH3 is 1. The van der Waals surface area contributed by atoms with E-state index < -0.39 is 5.97 Å². The zero-order valence-corrected chi connectivity index (χ0v) is 11.3. The molecule has 0 saturated heterocycles. The first kappa shape index (κ1) is 14.4. The predicted octanol–water partition coefficient (Wildman–Crippen LogP) is 2.46. The van der Waals surface area contributed by atoms with Crippen molar-refractivity contribution >= 4 is 29.3 Å². The number of carboxylic acids is 1. The van der Waals surface area contributed by atoms with Crippen LogP contribution in [0.3, 0.4) is 0 Å². The Morgan fingerprint density at radius 1 is 1.44 bits per heavy atom. The molecule has 0 unspecified atom stereocenters. The van der Waals surface area contributed by atoms with Crippen LogP contribution in [0.15, 0.2) is 17.0 Å². The second-order valence-electron chi connectivity index (χ2n) is 3.47. The Labute approximate surface area is 110 Å². The fraction of sp³-hybridized carbons (Fsp3) is 0.333. The van der Waals surface area contributed by atoms with E-state index in [1.165, 1.54) is 37.9 Å². The van der Waals surface area contributed by atoms with Gasteiger partial charge in [0.25, 0.3) is 0 Å². The Hall–Kier alpha value is -1.69. The molecular formula is C12H15NO4S. The van der Waals surface area contributed by atoms with Gasteiger partial charge in [-0.15, -0.1) is 11.8 Å². The maximum Gasteiger partial charge on any atom is 0.339 e. The van der Waals surface area contributed by atoms with E-state index in [0.29, 0.717) is 10.6 Å². The summed E-state index contributed by atoms with van der Waals surface area (Å²) >= 11 is 1.46. The van der Waals surface area contributed by atoms with Crippen LogP contribution in [0.25, 0.3) is 0 Å². The lowest BCUT2D eigenvalue weighted by molar-refractivity contribution is -0.114.